The SMILES string of the molecule is Cc1cn(-c2cc(F)ccc2Br)nc1N. The van der Waals surface area contributed by atoms with E-state index in [4.69, 9.17) is 5.73 Å². The van der Waals surface area contributed by atoms with Crippen LogP contribution in [0, 0.1) is 12.7 Å². The number of benzene rings is 1. The summed E-state index contributed by atoms with van der Waals surface area (Å²) in [4.78, 5) is 0. The predicted octanol–water partition coefficient (Wildman–Crippen LogP) is 2.66. The third-order valence-corrected chi connectivity index (χ3v) is 2.76. The predicted molar refractivity (Wildman–Crippen MR) is 60.4 cm³/mol. The highest BCUT2D eigenvalue weighted by atomic mass is 79.9. The van der Waals surface area contributed by atoms with E-state index in [9.17, 15) is 4.39 Å². The first-order valence-corrected chi connectivity index (χ1v) is 5.14. The first-order chi connectivity index (χ1) is 7.08. The van der Waals surface area contributed by atoms with Gasteiger partial charge in [-0.05, 0) is 35.0 Å². The van der Waals surface area contributed by atoms with Crippen molar-refractivity contribution in [3.63, 3.8) is 0 Å². The maximum atomic E-state index is 13.0. The van der Waals surface area contributed by atoms with Gasteiger partial charge in [-0.25, -0.2) is 9.07 Å². The van der Waals surface area contributed by atoms with Gasteiger partial charge in [-0.15, -0.1) is 0 Å². The highest BCUT2D eigenvalue weighted by Gasteiger charge is 2.07. The van der Waals surface area contributed by atoms with Gasteiger partial charge in [0, 0.05) is 22.3 Å². The van der Waals surface area contributed by atoms with Gasteiger partial charge < -0.3 is 5.73 Å². The number of hydrogen-bond acceptors (Lipinski definition) is 2. The van der Waals surface area contributed by atoms with E-state index in [1.807, 2.05) is 6.92 Å². The summed E-state index contributed by atoms with van der Waals surface area (Å²) in [7, 11) is 0. The molecule has 1 heterocycles. The summed E-state index contributed by atoms with van der Waals surface area (Å²) in [5.74, 6) is 0.145. The van der Waals surface area contributed by atoms with Crippen LogP contribution >= 0.6 is 15.9 Å². The van der Waals surface area contributed by atoms with Crippen LogP contribution in [-0.4, -0.2) is 9.78 Å². The molecule has 15 heavy (non-hydrogen) atoms. The number of aromatic nitrogens is 2. The Morgan fingerprint density at radius 2 is 2.20 bits per heavy atom. The van der Waals surface area contributed by atoms with E-state index >= 15 is 0 Å². The van der Waals surface area contributed by atoms with Gasteiger partial charge in [0.05, 0.1) is 5.69 Å². The molecule has 0 aliphatic rings. The Labute approximate surface area is 94.8 Å². The summed E-state index contributed by atoms with van der Waals surface area (Å²) in [5, 5.41) is 4.08. The number of halogens is 2. The zero-order valence-corrected chi connectivity index (χ0v) is 9.62. The summed E-state index contributed by atoms with van der Waals surface area (Å²) in [6, 6.07) is 4.42. The Balaban J connectivity index is 2.58. The zero-order chi connectivity index (χ0) is 11.0. The second-order valence-electron chi connectivity index (χ2n) is 3.24. The van der Waals surface area contributed by atoms with Gasteiger partial charge in [0.15, 0.2) is 0 Å². The Hall–Kier alpha value is -1.36. The van der Waals surface area contributed by atoms with E-state index in [2.05, 4.69) is 21.0 Å². The lowest BCUT2D eigenvalue weighted by Gasteiger charge is -2.03. The fourth-order valence-corrected chi connectivity index (χ4v) is 1.69. The molecule has 0 spiro atoms. The van der Waals surface area contributed by atoms with Crippen molar-refractivity contribution in [3.8, 4) is 5.69 Å². The quantitative estimate of drug-likeness (QED) is 0.865. The highest BCUT2D eigenvalue weighted by molar-refractivity contribution is 9.10. The zero-order valence-electron chi connectivity index (χ0n) is 8.04. The molecule has 1 aromatic carbocycles. The van der Waals surface area contributed by atoms with Gasteiger partial charge in [0.25, 0.3) is 0 Å². The van der Waals surface area contributed by atoms with Crippen LogP contribution in [0.25, 0.3) is 5.69 Å². The van der Waals surface area contributed by atoms with E-state index in [1.165, 1.54) is 12.1 Å². The molecule has 2 rings (SSSR count). The van der Waals surface area contributed by atoms with Crippen LogP contribution in [0.4, 0.5) is 10.2 Å². The van der Waals surface area contributed by atoms with Gasteiger partial charge >= 0.3 is 0 Å². The van der Waals surface area contributed by atoms with Crippen LogP contribution in [0.1, 0.15) is 5.56 Å². The maximum absolute atomic E-state index is 13.0. The summed E-state index contributed by atoms with van der Waals surface area (Å²) >= 11 is 3.33. The Bertz CT molecular complexity index is 488. The van der Waals surface area contributed by atoms with Crippen molar-refractivity contribution in [2.75, 3.05) is 5.73 Å². The van der Waals surface area contributed by atoms with Gasteiger partial charge in [0.1, 0.15) is 11.6 Å². The molecule has 0 saturated carbocycles. The molecule has 0 unspecified atom stereocenters. The van der Waals surface area contributed by atoms with Crippen molar-refractivity contribution >= 4 is 21.7 Å². The second-order valence-corrected chi connectivity index (χ2v) is 4.09. The largest absolute Gasteiger partial charge is 0.382 e. The van der Waals surface area contributed by atoms with Gasteiger partial charge in [-0.3, -0.25) is 0 Å². The molecular weight excluding hydrogens is 261 g/mol. The Morgan fingerprint density at radius 3 is 2.80 bits per heavy atom. The molecule has 0 radical (unpaired) electrons. The Morgan fingerprint density at radius 1 is 1.47 bits per heavy atom. The molecule has 1 aromatic heterocycles. The minimum atomic E-state index is -0.306. The number of nitrogen functional groups attached to an aromatic ring is 1. The van der Waals surface area contributed by atoms with Crippen molar-refractivity contribution in [1.82, 2.24) is 9.78 Å². The van der Waals surface area contributed by atoms with Crippen LogP contribution in [0.3, 0.4) is 0 Å². The smallest absolute Gasteiger partial charge is 0.148 e. The topological polar surface area (TPSA) is 43.8 Å². The van der Waals surface area contributed by atoms with Crippen LogP contribution < -0.4 is 5.73 Å². The standard InChI is InChI=1S/C10H9BrFN3/c1-6-5-15(14-10(6)13)9-4-7(12)2-3-8(9)11/h2-5H,1H3,(H2,13,14). The van der Waals surface area contributed by atoms with Crippen LogP contribution in [0.15, 0.2) is 28.9 Å². The minimum Gasteiger partial charge on any atom is -0.382 e. The average molecular weight is 270 g/mol. The second kappa shape index (κ2) is 3.66. The van der Waals surface area contributed by atoms with E-state index in [0.717, 1.165) is 10.0 Å². The summed E-state index contributed by atoms with van der Waals surface area (Å²) in [6.45, 7) is 1.85. The monoisotopic (exact) mass is 269 g/mol. The minimum absolute atomic E-state index is 0.306. The first-order valence-electron chi connectivity index (χ1n) is 4.35. The van der Waals surface area contributed by atoms with Gasteiger partial charge in [-0.1, -0.05) is 0 Å². The highest BCUT2D eigenvalue weighted by Crippen LogP contribution is 2.22. The van der Waals surface area contributed by atoms with Crippen molar-refractivity contribution in [3.05, 3.63) is 40.2 Å². The summed E-state index contributed by atoms with van der Waals surface area (Å²) in [6.07, 6.45) is 1.76. The normalized spacial score (nSPS) is 10.6. The van der Waals surface area contributed by atoms with E-state index < -0.39 is 0 Å². The molecule has 0 aliphatic carbocycles. The van der Waals surface area contributed by atoms with Gasteiger partial charge in [-0.2, -0.15) is 5.10 Å². The average Bonchev–Trinajstić information content (AvgIpc) is 2.51. The molecular formula is C10H9BrFN3. The molecule has 0 amide bonds. The van der Waals surface area contributed by atoms with E-state index in [1.54, 1.807) is 16.9 Å². The lowest BCUT2D eigenvalue weighted by atomic mass is 10.3. The first kappa shape index (κ1) is 10.2. The number of anilines is 1. The molecule has 0 fully saturated rings. The van der Waals surface area contributed by atoms with Crippen LogP contribution in [0.2, 0.25) is 0 Å². The lowest BCUT2D eigenvalue weighted by molar-refractivity contribution is 0.625. The molecule has 78 valence electrons. The van der Waals surface area contributed by atoms with Crippen molar-refractivity contribution in [1.29, 1.82) is 0 Å². The number of rotatable bonds is 1. The third kappa shape index (κ3) is 1.87. The fraction of sp³-hybridized carbons (Fsp3) is 0.100. The molecule has 0 atom stereocenters. The lowest BCUT2D eigenvalue weighted by Crippen LogP contribution is -1.97. The molecule has 5 heteroatoms. The fourth-order valence-electron chi connectivity index (χ4n) is 1.26. The van der Waals surface area contributed by atoms with Gasteiger partial charge in [0.2, 0.25) is 0 Å². The van der Waals surface area contributed by atoms with Crippen LogP contribution in [0.5, 0.6) is 0 Å². The van der Waals surface area contributed by atoms with Crippen molar-refractivity contribution in [2.45, 2.75) is 6.92 Å². The third-order valence-electron chi connectivity index (χ3n) is 2.09. The molecule has 0 aliphatic heterocycles. The van der Waals surface area contributed by atoms with E-state index in [-0.39, 0.29) is 5.82 Å². The van der Waals surface area contributed by atoms with E-state index in [0.29, 0.717) is 11.5 Å². The van der Waals surface area contributed by atoms with Crippen LogP contribution in [-0.2, 0) is 0 Å². The Kier molecular flexibility index (Phi) is 2.48. The number of nitrogens with zero attached hydrogens (tertiary/aromatic N) is 2. The summed E-state index contributed by atoms with van der Waals surface area (Å²) < 4.78 is 15.4. The number of nitrogens with two attached hydrogens (primary N) is 1. The molecule has 2 N–H and O–H groups in total. The molecule has 0 bridgehead atoms. The molecule has 2 aromatic rings. The van der Waals surface area contributed by atoms with Crippen molar-refractivity contribution in [2.24, 2.45) is 0 Å². The molecule has 3 nitrogen and oxygen atoms in total. The van der Waals surface area contributed by atoms with Crippen molar-refractivity contribution < 1.29 is 4.39 Å². The summed E-state index contributed by atoms with van der Waals surface area (Å²) in [5.41, 5.74) is 7.13. The molecule has 0 saturated heterocycles. The maximum Gasteiger partial charge on any atom is 0.148 e. The number of hydrogen-bond donors (Lipinski definition) is 1. The number of aryl methyl sites for hydroxylation is 1.